The van der Waals surface area contributed by atoms with Crippen LogP contribution in [0.5, 0.6) is 0 Å². The molecule has 1 aromatic rings. The van der Waals surface area contributed by atoms with Gasteiger partial charge in [0.2, 0.25) is 0 Å². The second kappa shape index (κ2) is 4.90. The van der Waals surface area contributed by atoms with Gasteiger partial charge in [-0.3, -0.25) is 0 Å². The van der Waals surface area contributed by atoms with Crippen molar-refractivity contribution >= 4 is 12.4 Å². The van der Waals surface area contributed by atoms with Gasteiger partial charge in [-0.1, -0.05) is 18.9 Å². The number of nitrogens with two attached hydrogens (primary N) is 1. The van der Waals surface area contributed by atoms with Crippen LogP contribution in [0.3, 0.4) is 0 Å². The number of benzene rings is 1. The summed E-state index contributed by atoms with van der Waals surface area (Å²) in [6.45, 7) is 0. The molecule has 0 heterocycles. The van der Waals surface area contributed by atoms with Crippen LogP contribution in [0.4, 0.5) is 8.78 Å². The van der Waals surface area contributed by atoms with Crippen LogP contribution in [0.15, 0.2) is 18.2 Å². The van der Waals surface area contributed by atoms with Gasteiger partial charge in [0.1, 0.15) is 11.6 Å². The third-order valence-corrected chi connectivity index (χ3v) is 2.65. The molecule has 4 heteroatoms. The maximum Gasteiger partial charge on any atom is 0.130 e. The zero-order valence-electron chi connectivity index (χ0n) is 8.25. The summed E-state index contributed by atoms with van der Waals surface area (Å²) in [5.74, 6) is -0.486. The zero-order valence-corrected chi connectivity index (χ0v) is 9.07. The van der Waals surface area contributed by atoms with E-state index >= 15 is 0 Å². The number of hydrogen-bond acceptors (Lipinski definition) is 1. The van der Waals surface area contributed by atoms with E-state index in [9.17, 15) is 8.78 Å². The molecule has 1 aromatic carbocycles. The Bertz CT molecular complexity index is 319. The topological polar surface area (TPSA) is 26.0 Å². The lowest BCUT2D eigenvalue weighted by molar-refractivity contribution is 0.498. The molecule has 2 rings (SSSR count). The first-order valence-corrected chi connectivity index (χ1v) is 4.88. The molecule has 0 spiro atoms. The van der Waals surface area contributed by atoms with E-state index in [-0.39, 0.29) is 18.0 Å². The maximum absolute atomic E-state index is 13.3. The Balaban J connectivity index is 0.00000112. The van der Waals surface area contributed by atoms with Crippen molar-refractivity contribution in [1.29, 1.82) is 0 Å². The fourth-order valence-corrected chi connectivity index (χ4v) is 1.70. The van der Waals surface area contributed by atoms with Crippen molar-refractivity contribution in [2.45, 2.75) is 25.3 Å². The van der Waals surface area contributed by atoms with Gasteiger partial charge >= 0.3 is 0 Å². The molecule has 1 fully saturated rings. The molecule has 0 bridgehead atoms. The van der Waals surface area contributed by atoms with Crippen LogP contribution in [-0.2, 0) is 0 Å². The SMILES string of the molecule is Cl.N[C@H](CC1CC1)c1c(F)cccc1F. The molecule has 0 saturated heterocycles. The smallest absolute Gasteiger partial charge is 0.130 e. The standard InChI is InChI=1S/C11H13F2N.ClH/c12-8-2-1-3-9(13)11(8)10(14)6-7-4-5-7;/h1-3,7,10H,4-6,14H2;1H/t10-;/m1./s1. The molecule has 0 aliphatic heterocycles. The highest BCUT2D eigenvalue weighted by molar-refractivity contribution is 5.85. The molecular formula is C11H14ClF2N. The Hall–Kier alpha value is -0.670. The second-order valence-corrected chi connectivity index (χ2v) is 3.92. The highest BCUT2D eigenvalue weighted by Crippen LogP contribution is 2.37. The van der Waals surface area contributed by atoms with E-state index in [4.69, 9.17) is 5.73 Å². The van der Waals surface area contributed by atoms with Gasteiger partial charge < -0.3 is 5.73 Å². The minimum atomic E-state index is -0.529. The van der Waals surface area contributed by atoms with E-state index in [2.05, 4.69) is 0 Å². The van der Waals surface area contributed by atoms with E-state index in [1.54, 1.807) is 0 Å². The average Bonchev–Trinajstić information content (AvgIpc) is 2.87. The fraction of sp³-hybridized carbons (Fsp3) is 0.455. The second-order valence-electron chi connectivity index (χ2n) is 3.92. The minimum absolute atomic E-state index is 0. The van der Waals surface area contributed by atoms with Crippen molar-refractivity contribution in [3.8, 4) is 0 Å². The highest BCUT2D eigenvalue weighted by Gasteiger charge is 2.26. The molecule has 1 saturated carbocycles. The molecule has 0 radical (unpaired) electrons. The molecule has 1 aliphatic carbocycles. The molecule has 1 nitrogen and oxygen atoms in total. The van der Waals surface area contributed by atoms with Gasteiger partial charge in [0.25, 0.3) is 0 Å². The van der Waals surface area contributed by atoms with Crippen LogP contribution in [-0.4, -0.2) is 0 Å². The Labute approximate surface area is 94.1 Å². The van der Waals surface area contributed by atoms with Crippen LogP contribution in [0.1, 0.15) is 30.9 Å². The summed E-state index contributed by atoms with van der Waals surface area (Å²) in [6, 6.07) is 3.37. The Morgan fingerprint density at radius 3 is 2.27 bits per heavy atom. The van der Waals surface area contributed by atoms with Crippen LogP contribution < -0.4 is 5.73 Å². The molecule has 0 aromatic heterocycles. The van der Waals surface area contributed by atoms with Crippen molar-refractivity contribution in [3.63, 3.8) is 0 Å². The van der Waals surface area contributed by atoms with Crippen LogP contribution in [0.25, 0.3) is 0 Å². The number of hydrogen-bond donors (Lipinski definition) is 1. The zero-order chi connectivity index (χ0) is 10.1. The van der Waals surface area contributed by atoms with Crippen LogP contribution in [0.2, 0.25) is 0 Å². The first kappa shape index (κ1) is 12.4. The highest BCUT2D eigenvalue weighted by atomic mass is 35.5. The summed E-state index contributed by atoms with van der Waals surface area (Å²) in [6.07, 6.45) is 2.98. The predicted octanol–water partition coefficient (Wildman–Crippen LogP) is 3.19. The summed E-state index contributed by atoms with van der Waals surface area (Å²) in [7, 11) is 0. The molecule has 15 heavy (non-hydrogen) atoms. The lowest BCUT2D eigenvalue weighted by atomic mass is 10.0. The lowest BCUT2D eigenvalue weighted by Gasteiger charge is -2.12. The summed E-state index contributed by atoms with van der Waals surface area (Å²) in [5, 5.41) is 0. The lowest BCUT2D eigenvalue weighted by Crippen LogP contribution is -2.14. The van der Waals surface area contributed by atoms with Gasteiger partial charge in [-0.2, -0.15) is 0 Å². The Kier molecular flexibility index (Phi) is 4.05. The van der Waals surface area contributed by atoms with Gasteiger partial charge in [0.15, 0.2) is 0 Å². The molecule has 1 atom stereocenters. The normalized spacial score (nSPS) is 17.0. The third kappa shape index (κ3) is 2.89. The van der Waals surface area contributed by atoms with E-state index in [1.807, 2.05) is 0 Å². The minimum Gasteiger partial charge on any atom is -0.324 e. The van der Waals surface area contributed by atoms with E-state index < -0.39 is 17.7 Å². The monoisotopic (exact) mass is 233 g/mol. The molecular weight excluding hydrogens is 220 g/mol. The quantitative estimate of drug-likeness (QED) is 0.853. The summed E-state index contributed by atoms with van der Waals surface area (Å²) in [5.41, 5.74) is 5.80. The van der Waals surface area contributed by atoms with Crippen LogP contribution in [0, 0.1) is 17.6 Å². The summed E-state index contributed by atoms with van der Waals surface area (Å²) < 4.78 is 26.5. The van der Waals surface area contributed by atoms with Crippen molar-refractivity contribution in [3.05, 3.63) is 35.4 Å². The van der Waals surface area contributed by atoms with Gasteiger partial charge in [0, 0.05) is 11.6 Å². The summed E-state index contributed by atoms with van der Waals surface area (Å²) in [4.78, 5) is 0. The largest absolute Gasteiger partial charge is 0.324 e. The van der Waals surface area contributed by atoms with E-state index in [1.165, 1.54) is 18.2 Å². The van der Waals surface area contributed by atoms with Gasteiger partial charge in [-0.25, -0.2) is 8.78 Å². The van der Waals surface area contributed by atoms with Crippen LogP contribution >= 0.6 is 12.4 Å². The molecule has 0 amide bonds. The molecule has 0 unspecified atom stereocenters. The third-order valence-electron chi connectivity index (χ3n) is 2.65. The van der Waals surface area contributed by atoms with Gasteiger partial charge in [-0.05, 0) is 24.5 Å². The van der Waals surface area contributed by atoms with Crippen molar-refractivity contribution in [1.82, 2.24) is 0 Å². The van der Waals surface area contributed by atoms with E-state index in [0.717, 1.165) is 12.8 Å². The van der Waals surface area contributed by atoms with E-state index in [0.29, 0.717) is 12.3 Å². The number of rotatable bonds is 3. The Morgan fingerprint density at radius 1 is 1.27 bits per heavy atom. The van der Waals surface area contributed by atoms with Gasteiger partial charge in [0.05, 0.1) is 0 Å². The van der Waals surface area contributed by atoms with Crippen molar-refractivity contribution in [2.24, 2.45) is 11.7 Å². The average molecular weight is 234 g/mol. The van der Waals surface area contributed by atoms with Crippen molar-refractivity contribution in [2.75, 3.05) is 0 Å². The molecule has 2 N–H and O–H groups in total. The summed E-state index contributed by atoms with van der Waals surface area (Å²) >= 11 is 0. The first-order valence-electron chi connectivity index (χ1n) is 4.88. The number of halogens is 3. The first-order chi connectivity index (χ1) is 6.68. The van der Waals surface area contributed by atoms with Gasteiger partial charge in [-0.15, -0.1) is 12.4 Å². The molecule has 1 aliphatic rings. The fourth-order valence-electron chi connectivity index (χ4n) is 1.70. The molecule has 84 valence electrons. The van der Waals surface area contributed by atoms with Crippen molar-refractivity contribution < 1.29 is 8.78 Å². The maximum atomic E-state index is 13.3. The Morgan fingerprint density at radius 2 is 1.80 bits per heavy atom. The predicted molar refractivity (Wildman–Crippen MR) is 57.9 cm³/mol.